The first-order valence-corrected chi connectivity index (χ1v) is 6.19. The number of hydrogen-bond donors (Lipinski definition) is 0. The molecule has 0 aromatic rings. The Labute approximate surface area is 66.0 Å². The lowest BCUT2D eigenvalue weighted by Gasteiger charge is -1.94. The monoisotopic (exact) mass is 180 g/mol. The minimum absolute atomic E-state index is 0.266. The zero-order valence-corrected chi connectivity index (χ0v) is 7.83. The van der Waals surface area contributed by atoms with Gasteiger partial charge in [-0.2, -0.15) is 0 Å². The summed E-state index contributed by atoms with van der Waals surface area (Å²) < 4.78 is 21.8. The zero-order valence-electron chi connectivity index (χ0n) is 6.20. The van der Waals surface area contributed by atoms with Crippen molar-refractivity contribution in [3.8, 4) is 0 Å². The summed E-state index contributed by atoms with van der Waals surface area (Å²) in [7, 11) is -1.97. The van der Waals surface area contributed by atoms with E-state index in [-0.39, 0.29) is 5.75 Å². The Bertz CT molecular complexity index is 192. The summed E-state index contributed by atoms with van der Waals surface area (Å²) in [6.07, 6.45) is 2.41. The Balaban J connectivity index is 3.89. The molecule has 4 heteroatoms. The van der Waals surface area contributed by atoms with Gasteiger partial charge in [-0.3, -0.25) is 0 Å². The standard InChI is InChI=1S/C6H12O2S2/c1-3-5-9-10(7,8)6-4-2/h3,5H,4,6H2,1-2H3/b5-3-. The maximum Gasteiger partial charge on any atom is 0.205 e. The first-order chi connectivity index (χ1) is 4.62. The van der Waals surface area contributed by atoms with Crippen LogP contribution in [0.5, 0.6) is 0 Å². The Morgan fingerprint density at radius 3 is 2.50 bits per heavy atom. The highest BCUT2D eigenvalue weighted by atomic mass is 33.1. The van der Waals surface area contributed by atoms with Gasteiger partial charge >= 0.3 is 0 Å². The van der Waals surface area contributed by atoms with Crippen LogP contribution >= 0.6 is 10.8 Å². The van der Waals surface area contributed by atoms with Crippen LogP contribution in [0.3, 0.4) is 0 Å². The molecule has 0 fully saturated rings. The van der Waals surface area contributed by atoms with Crippen molar-refractivity contribution < 1.29 is 8.42 Å². The van der Waals surface area contributed by atoms with Crippen LogP contribution in [0.4, 0.5) is 0 Å². The van der Waals surface area contributed by atoms with Crippen LogP contribution in [0.15, 0.2) is 11.5 Å². The molecule has 0 bridgehead atoms. The van der Waals surface area contributed by atoms with E-state index in [4.69, 9.17) is 0 Å². The van der Waals surface area contributed by atoms with Gasteiger partial charge in [-0.15, -0.1) is 0 Å². The molecule has 0 spiro atoms. The maximum absolute atomic E-state index is 10.9. The van der Waals surface area contributed by atoms with E-state index < -0.39 is 8.87 Å². The Hall–Kier alpha value is 0.0400. The summed E-state index contributed by atoms with van der Waals surface area (Å²) in [6.45, 7) is 3.65. The predicted octanol–water partition coefficient (Wildman–Crippen LogP) is 1.99. The Kier molecular flexibility index (Phi) is 4.81. The molecule has 0 aliphatic heterocycles. The van der Waals surface area contributed by atoms with Crippen molar-refractivity contribution >= 4 is 19.7 Å². The highest BCUT2D eigenvalue weighted by molar-refractivity contribution is 8.73. The van der Waals surface area contributed by atoms with E-state index in [1.54, 1.807) is 18.4 Å². The second-order valence-electron chi connectivity index (χ2n) is 1.83. The molecule has 0 rings (SSSR count). The van der Waals surface area contributed by atoms with Gasteiger partial charge < -0.3 is 0 Å². The third-order valence-corrected chi connectivity index (χ3v) is 4.09. The molecule has 0 aliphatic rings. The fraction of sp³-hybridized carbons (Fsp3) is 0.667. The van der Waals surface area contributed by atoms with Crippen molar-refractivity contribution in [2.24, 2.45) is 0 Å². The van der Waals surface area contributed by atoms with Crippen molar-refractivity contribution in [2.75, 3.05) is 5.75 Å². The number of allylic oxidation sites excluding steroid dienone is 1. The smallest absolute Gasteiger partial charge is 0.205 e. The summed E-state index contributed by atoms with van der Waals surface area (Å²) in [5, 5.41) is 1.59. The molecule has 0 saturated heterocycles. The summed E-state index contributed by atoms with van der Waals surface area (Å²) in [6, 6.07) is 0. The van der Waals surface area contributed by atoms with Gasteiger partial charge in [-0.1, -0.05) is 13.0 Å². The molecular formula is C6H12O2S2. The minimum atomic E-state index is -2.86. The molecule has 0 amide bonds. The third kappa shape index (κ3) is 4.88. The van der Waals surface area contributed by atoms with E-state index in [1.165, 1.54) is 0 Å². The zero-order chi connectivity index (χ0) is 8.04. The van der Waals surface area contributed by atoms with Gasteiger partial charge in [0.05, 0.1) is 5.75 Å². The fourth-order valence-corrected chi connectivity index (χ4v) is 2.94. The molecule has 10 heavy (non-hydrogen) atoms. The van der Waals surface area contributed by atoms with Gasteiger partial charge in [0.25, 0.3) is 0 Å². The lowest BCUT2D eigenvalue weighted by Crippen LogP contribution is -1.97. The first-order valence-electron chi connectivity index (χ1n) is 3.14. The summed E-state index contributed by atoms with van der Waals surface area (Å²) in [5.74, 6) is 0.266. The summed E-state index contributed by atoms with van der Waals surface area (Å²) in [4.78, 5) is 0. The summed E-state index contributed by atoms with van der Waals surface area (Å²) in [5.41, 5.74) is 0. The van der Waals surface area contributed by atoms with Crippen LogP contribution in [0.25, 0.3) is 0 Å². The van der Waals surface area contributed by atoms with E-state index >= 15 is 0 Å². The van der Waals surface area contributed by atoms with Crippen molar-refractivity contribution in [3.63, 3.8) is 0 Å². The van der Waals surface area contributed by atoms with E-state index in [2.05, 4.69) is 0 Å². The largest absolute Gasteiger partial charge is 0.217 e. The maximum atomic E-state index is 10.9. The molecule has 0 N–H and O–H groups in total. The lowest BCUT2D eigenvalue weighted by molar-refractivity contribution is 0.609. The van der Waals surface area contributed by atoms with Crippen LogP contribution < -0.4 is 0 Å². The number of hydrogen-bond acceptors (Lipinski definition) is 3. The van der Waals surface area contributed by atoms with Gasteiger partial charge in [0.15, 0.2) is 0 Å². The van der Waals surface area contributed by atoms with Crippen molar-refractivity contribution in [1.29, 1.82) is 0 Å². The fourth-order valence-electron chi connectivity index (χ4n) is 0.438. The molecule has 0 unspecified atom stereocenters. The molecule has 0 aromatic carbocycles. The molecule has 0 aromatic heterocycles. The van der Waals surface area contributed by atoms with E-state index in [1.807, 2.05) is 6.92 Å². The van der Waals surface area contributed by atoms with Gasteiger partial charge in [-0.25, -0.2) is 8.42 Å². The average Bonchev–Trinajstić information content (AvgIpc) is 1.84. The van der Waals surface area contributed by atoms with E-state index in [0.717, 1.165) is 10.8 Å². The second kappa shape index (κ2) is 4.79. The van der Waals surface area contributed by atoms with Crippen molar-refractivity contribution in [3.05, 3.63) is 11.5 Å². The average molecular weight is 180 g/mol. The highest BCUT2D eigenvalue weighted by Gasteiger charge is 2.05. The molecule has 2 nitrogen and oxygen atoms in total. The van der Waals surface area contributed by atoms with Crippen LogP contribution in [0.1, 0.15) is 20.3 Å². The SMILES string of the molecule is C/C=C\SS(=O)(=O)CCC. The highest BCUT2D eigenvalue weighted by Crippen LogP contribution is 2.14. The van der Waals surface area contributed by atoms with Crippen LogP contribution in [0, 0.1) is 0 Å². The van der Waals surface area contributed by atoms with E-state index in [9.17, 15) is 8.42 Å². The van der Waals surface area contributed by atoms with Crippen molar-refractivity contribution in [2.45, 2.75) is 20.3 Å². The van der Waals surface area contributed by atoms with Crippen LogP contribution in [-0.4, -0.2) is 14.2 Å². The molecular weight excluding hydrogens is 168 g/mol. The Morgan fingerprint density at radius 2 is 2.10 bits per heavy atom. The molecule has 0 saturated carbocycles. The normalized spacial score (nSPS) is 12.6. The summed E-state index contributed by atoms with van der Waals surface area (Å²) >= 11 is 0. The van der Waals surface area contributed by atoms with Crippen LogP contribution in [-0.2, 0) is 8.87 Å². The minimum Gasteiger partial charge on any atom is -0.217 e. The molecule has 60 valence electrons. The molecule has 0 heterocycles. The topological polar surface area (TPSA) is 34.1 Å². The second-order valence-corrected chi connectivity index (χ2v) is 5.92. The van der Waals surface area contributed by atoms with Gasteiger partial charge in [0, 0.05) is 0 Å². The van der Waals surface area contributed by atoms with Gasteiger partial charge in [0.1, 0.15) is 0 Å². The number of rotatable bonds is 4. The first kappa shape index (κ1) is 10.0. The van der Waals surface area contributed by atoms with Gasteiger partial charge in [-0.05, 0) is 29.5 Å². The molecule has 0 radical (unpaired) electrons. The lowest BCUT2D eigenvalue weighted by atomic mass is 10.6. The van der Waals surface area contributed by atoms with E-state index in [0.29, 0.717) is 6.42 Å². The Morgan fingerprint density at radius 1 is 1.50 bits per heavy atom. The van der Waals surface area contributed by atoms with Gasteiger partial charge in [0.2, 0.25) is 8.87 Å². The van der Waals surface area contributed by atoms with Crippen molar-refractivity contribution in [1.82, 2.24) is 0 Å². The van der Waals surface area contributed by atoms with Crippen LogP contribution in [0.2, 0.25) is 0 Å². The third-order valence-electron chi connectivity index (χ3n) is 0.792. The predicted molar refractivity (Wildman–Crippen MR) is 46.5 cm³/mol. The molecule has 0 atom stereocenters. The molecule has 0 aliphatic carbocycles. The quantitative estimate of drug-likeness (QED) is 0.620.